The highest BCUT2D eigenvalue weighted by Gasteiger charge is 2.31. The molecule has 0 aliphatic carbocycles. The molecule has 2 rings (SSSR count). The summed E-state index contributed by atoms with van der Waals surface area (Å²) in [5.74, 6) is 0.147. The lowest BCUT2D eigenvalue weighted by atomic mass is 10.0. The van der Waals surface area contributed by atoms with E-state index in [1.165, 1.54) is 15.3 Å². The number of amides is 1. The van der Waals surface area contributed by atoms with Crippen molar-refractivity contribution in [3.8, 4) is 12.1 Å². The number of sulfonamides is 1. The zero-order valence-electron chi connectivity index (χ0n) is 17.3. The molecule has 0 radical (unpaired) electrons. The predicted molar refractivity (Wildman–Crippen MR) is 109 cm³/mol. The number of carbonyl (C=O) groups excluding carboxylic acids is 1. The number of hydrogen-bond acceptors (Lipinski definition) is 5. The van der Waals surface area contributed by atoms with E-state index in [2.05, 4.69) is 6.92 Å². The average molecular weight is 417 g/mol. The van der Waals surface area contributed by atoms with Crippen molar-refractivity contribution in [2.45, 2.75) is 51.3 Å². The summed E-state index contributed by atoms with van der Waals surface area (Å²) in [5, 5.41) is 17.7. The van der Waals surface area contributed by atoms with Gasteiger partial charge in [-0.15, -0.1) is 0 Å². The number of nitriles is 2. The summed E-state index contributed by atoms with van der Waals surface area (Å²) in [6, 6.07) is 7.14. The van der Waals surface area contributed by atoms with Crippen LogP contribution in [0.4, 0.5) is 0 Å². The Morgan fingerprint density at radius 2 is 1.69 bits per heavy atom. The van der Waals surface area contributed by atoms with E-state index in [1.807, 2.05) is 12.1 Å². The van der Waals surface area contributed by atoms with Gasteiger partial charge in [0.25, 0.3) is 5.91 Å². The van der Waals surface area contributed by atoms with E-state index in [0.717, 1.165) is 18.4 Å². The molecule has 1 aliphatic rings. The van der Waals surface area contributed by atoms with Crippen LogP contribution in [0, 0.1) is 42.4 Å². The van der Waals surface area contributed by atoms with Crippen molar-refractivity contribution in [2.24, 2.45) is 5.92 Å². The Kier molecular flexibility index (Phi) is 7.78. The van der Waals surface area contributed by atoms with Crippen molar-refractivity contribution in [1.82, 2.24) is 9.21 Å². The van der Waals surface area contributed by atoms with Crippen molar-refractivity contribution < 1.29 is 13.2 Å². The second-order valence-corrected chi connectivity index (χ2v) is 9.52. The summed E-state index contributed by atoms with van der Waals surface area (Å²) in [5.41, 5.74) is 1.63. The van der Waals surface area contributed by atoms with E-state index in [4.69, 9.17) is 10.5 Å². The minimum absolute atomic E-state index is 0.152. The van der Waals surface area contributed by atoms with Gasteiger partial charge in [-0.2, -0.15) is 14.8 Å². The van der Waals surface area contributed by atoms with Gasteiger partial charge in [-0.05, 0) is 55.9 Å². The molecule has 1 fully saturated rings. The monoisotopic (exact) mass is 416 g/mol. The Morgan fingerprint density at radius 3 is 2.21 bits per heavy atom. The molecule has 1 saturated heterocycles. The van der Waals surface area contributed by atoms with Crippen molar-refractivity contribution in [3.63, 3.8) is 0 Å². The third-order valence-corrected chi connectivity index (χ3v) is 7.53. The fraction of sp³-hybridized carbons (Fsp3) is 0.571. The highest BCUT2D eigenvalue weighted by Crippen LogP contribution is 2.28. The van der Waals surface area contributed by atoms with Crippen LogP contribution in [0.3, 0.4) is 0 Å². The first-order chi connectivity index (χ1) is 13.7. The molecule has 1 amide bonds. The summed E-state index contributed by atoms with van der Waals surface area (Å²) in [6.07, 6.45) is 1.95. The van der Waals surface area contributed by atoms with Crippen LogP contribution in [-0.4, -0.2) is 49.7 Å². The second kappa shape index (κ2) is 9.87. The molecule has 8 heteroatoms. The highest BCUT2D eigenvalue weighted by molar-refractivity contribution is 7.89. The molecule has 0 unspecified atom stereocenters. The van der Waals surface area contributed by atoms with E-state index >= 15 is 0 Å². The van der Waals surface area contributed by atoms with E-state index in [0.29, 0.717) is 24.6 Å². The molecule has 0 bridgehead atoms. The quantitative estimate of drug-likeness (QED) is 0.679. The summed E-state index contributed by atoms with van der Waals surface area (Å²) in [4.78, 5) is 14.6. The van der Waals surface area contributed by atoms with Crippen LogP contribution in [-0.2, 0) is 10.0 Å². The molecule has 7 nitrogen and oxygen atoms in total. The van der Waals surface area contributed by atoms with Gasteiger partial charge in [0.05, 0.1) is 29.9 Å². The maximum absolute atomic E-state index is 13.3. The molecule has 1 aliphatic heterocycles. The van der Waals surface area contributed by atoms with Crippen LogP contribution >= 0.6 is 0 Å². The van der Waals surface area contributed by atoms with Gasteiger partial charge in [-0.3, -0.25) is 4.79 Å². The first-order valence-electron chi connectivity index (χ1n) is 9.87. The molecular formula is C21H28N4O3S. The lowest BCUT2D eigenvalue weighted by Gasteiger charge is -2.30. The number of hydrogen-bond donors (Lipinski definition) is 0. The van der Waals surface area contributed by atoms with Gasteiger partial charge < -0.3 is 4.90 Å². The molecule has 0 saturated carbocycles. The minimum Gasteiger partial charge on any atom is -0.337 e. The van der Waals surface area contributed by atoms with Gasteiger partial charge in [-0.25, -0.2) is 8.42 Å². The van der Waals surface area contributed by atoms with Crippen molar-refractivity contribution in [3.05, 3.63) is 28.8 Å². The van der Waals surface area contributed by atoms with Gasteiger partial charge in [0.1, 0.15) is 0 Å². The van der Waals surface area contributed by atoms with Gasteiger partial charge in [0.15, 0.2) is 0 Å². The van der Waals surface area contributed by atoms with Crippen LogP contribution in [0.1, 0.15) is 54.1 Å². The van der Waals surface area contributed by atoms with Crippen LogP contribution < -0.4 is 0 Å². The third kappa shape index (κ3) is 5.35. The number of piperidine rings is 1. The van der Waals surface area contributed by atoms with Crippen molar-refractivity contribution in [1.29, 1.82) is 10.5 Å². The van der Waals surface area contributed by atoms with Gasteiger partial charge >= 0.3 is 0 Å². The summed E-state index contributed by atoms with van der Waals surface area (Å²) in [6.45, 7) is 7.04. The largest absolute Gasteiger partial charge is 0.337 e. The maximum Gasteiger partial charge on any atom is 0.253 e. The molecule has 1 aromatic carbocycles. The van der Waals surface area contributed by atoms with Crippen LogP contribution in [0.15, 0.2) is 17.0 Å². The fourth-order valence-electron chi connectivity index (χ4n) is 3.45. The Labute approximate surface area is 173 Å². The number of nitrogens with zero attached hydrogens (tertiary/aromatic N) is 4. The fourth-order valence-corrected chi connectivity index (χ4v) is 5.24. The molecule has 0 N–H and O–H groups in total. The van der Waals surface area contributed by atoms with Crippen LogP contribution in [0.25, 0.3) is 0 Å². The third-order valence-electron chi connectivity index (χ3n) is 5.50. The summed E-state index contributed by atoms with van der Waals surface area (Å²) >= 11 is 0. The minimum atomic E-state index is -3.70. The Balaban J connectivity index is 2.40. The highest BCUT2D eigenvalue weighted by atomic mass is 32.2. The average Bonchev–Trinajstić information content (AvgIpc) is 2.69. The molecule has 29 heavy (non-hydrogen) atoms. The van der Waals surface area contributed by atoms with Gasteiger partial charge in [-0.1, -0.05) is 6.92 Å². The summed E-state index contributed by atoms with van der Waals surface area (Å²) in [7, 11) is -3.70. The number of aryl methyl sites for hydroxylation is 1. The SMILES string of the molecule is Cc1cc(C(=O)N(CCC#N)CCC#N)cc(S(=O)(=O)N2CCC(C)CC2)c1C. The van der Waals surface area contributed by atoms with Crippen molar-refractivity contribution >= 4 is 15.9 Å². The van der Waals surface area contributed by atoms with Crippen molar-refractivity contribution in [2.75, 3.05) is 26.2 Å². The first kappa shape index (κ1) is 22.9. The number of benzene rings is 1. The Hall–Kier alpha value is -2.42. The maximum atomic E-state index is 13.3. The lowest BCUT2D eigenvalue weighted by molar-refractivity contribution is 0.0762. The zero-order valence-corrected chi connectivity index (χ0v) is 18.1. The van der Waals surface area contributed by atoms with Gasteiger partial charge in [0, 0.05) is 31.7 Å². The Morgan fingerprint density at radius 1 is 1.14 bits per heavy atom. The predicted octanol–water partition coefficient (Wildman–Crippen LogP) is 2.99. The lowest BCUT2D eigenvalue weighted by Crippen LogP contribution is -2.38. The topological polar surface area (TPSA) is 105 Å². The summed E-state index contributed by atoms with van der Waals surface area (Å²) < 4.78 is 28.0. The molecule has 1 aromatic rings. The molecular weight excluding hydrogens is 388 g/mol. The smallest absolute Gasteiger partial charge is 0.253 e. The Bertz CT molecular complexity index is 918. The second-order valence-electron chi connectivity index (χ2n) is 7.61. The molecule has 1 heterocycles. The standard InChI is InChI=1S/C21H28N4O3S/c1-16-6-12-25(13-7-16)29(27,28)20-15-19(14-17(2)18(20)3)21(26)24(10-4-8-22)11-5-9-23/h14-16H,4-7,10-13H2,1-3H3. The normalized spacial score (nSPS) is 15.5. The van der Waals surface area contributed by atoms with Gasteiger partial charge in [0.2, 0.25) is 10.0 Å². The molecule has 0 atom stereocenters. The molecule has 0 aromatic heterocycles. The van der Waals surface area contributed by atoms with E-state index < -0.39 is 10.0 Å². The number of rotatable bonds is 7. The van der Waals surface area contributed by atoms with E-state index in [9.17, 15) is 13.2 Å². The first-order valence-corrected chi connectivity index (χ1v) is 11.3. The zero-order chi connectivity index (χ0) is 21.6. The van der Waals surface area contributed by atoms with Crippen LogP contribution in [0.2, 0.25) is 0 Å². The van der Waals surface area contributed by atoms with Crippen LogP contribution in [0.5, 0.6) is 0 Å². The molecule has 0 spiro atoms. The van der Waals surface area contributed by atoms with E-state index in [-0.39, 0.29) is 42.3 Å². The number of carbonyl (C=O) groups is 1. The van der Waals surface area contributed by atoms with E-state index in [1.54, 1.807) is 19.9 Å². The molecule has 156 valence electrons.